The highest BCUT2D eigenvalue weighted by Gasteiger charge is 2.14. The number of nitriles is 1. The maximum Gasteiger partial charge on any atom is 0.387 e. The molecule has 24 heavy (non-hydrogen) atoms. The van der Waals surface area contributed by atoms with E-state index in [0.717, 1.165) is 5.56 Å². The van der Waals surface area contributed by atoms with Crippen molar-refractivity contribution in [2.24, 2.45) is 0 Å². The van der Waals surface area contributed by atoms with E-state index in [0.29, 0.717) is 16.1 Å². The first-order valence-electron chi connectivity index (χ1n) is 6.74. The molecule has 0 bridgehead atoms. The van der Waals surface area contributed by atoms with Crippen LogP contribution in [0.5, 0.6) is 5.75 Å². The molecule has 2 aromatic carbocycles. The Morgan fingerprint density at radius 2 is 1.79 bits per heavy atom. The van der Waals surface area contributed by atoms with Gasteiger partial charge in [-0.2, -0.15) is 14.0 Å². The van der Waals surface area contributed by atoms with Crippen molar-refractivity contribution in [3.05, 3.63) is 53.2 Å². The van der Waals surface area contributed by atoms with Gasteiger partial charge in [-0.3, -0.25) is 0 Å². The molecule has 0 saturated carbocycles. The molecule has 0 fully saturated rings. The Balaban J connectivity index is 2.14. The monoisotopic (exact) mass is 346 g/mol. The molecule has 0 aliphatic heterocycles. The van der Waals surface area contributed by atoms with Crippen LogP contribution < -0.4 is 4.74 Å². The normalized spacial score (nSPS) is 10.6. The van der Waals surface area contributed by atoms with E-state index in [2.05, 4.69) is 20.1 Å². The van der Waals surface area contributed by atoms with Crippen LogP contribution in [0.3, 0.4) is 0 Å². The van der Waals surface area contributed by atoms with Crippen LogP contribution in [0.15, 0.2) is 42.5 Å². The summed E-state index contributed by atoms with van der Waals surface area (Å²) < 4.78 is 29.7. The van der Waals surface area contributed by atoms with Gasteiger partial charge < -0.3 is 4.74 Å². The maximum atomic E-state index is 12.6. The molecule has 0 amide bonds. The lowest BCUT2D eigenvalue weighted by Gasteiger charge is -2.10. The fraction of sp³-hybridized carbons (Fsp3) is 0.0625. The van der Waals surface area contributed by atoms with Gasteiger partial charge in [0.2, 0.25) is 0 Å². The molecule has 0 atom stereocenters. The average Bonchev–Trinajstić information content (AvgIpc) is 3.03. The van der Waals surface area contributed by atoms with Crippen LogP contribution in [0.4, 0.5) is 8.78 Å². The van der Waals surface area contributed by atoms with Crippen molar-refractivity contribution in [1.82, 2.24) is 15.4 Å². The highest BCUT2D eigenvalue weighted by atomic mass is 35.5. The van der Waals surface area contributed by atoms with Crippen molar-refractivity contribution in [3.63, 3.8) is 0 Å². The van der Waals surface area contributed by atoms with Crippen LogP contribution in [0.1, 0.15) is 5.69 Å². The number of benzene rings is 2. The number of halogens is 3. The molecular weight excluding hydrogens is 338 g/mol. The molecule has 0 aliphatic rings. The Labute approximate surface area is 140 Å². The Kier molecular flexibility index (Phi) is 4.40. The summed E-state index contributed by atoms with van der Waals surface area (Å²) in [5.74, 6) is -0.0423. The lowest BCUT2D eigenvalue weighted by molar-refractivity contribution is -0.0497. The predicted molar refractivity (Wildman–Crippen MR) is 83.6 cm³/mol. The molecule has 1 heterocycles. The molecule has 1 N–H and O–H groups in total. The molecule has 8 heteroatoms. The number of nitrogens with zero attached hydrogens (tertiary/aromatic N) is 3. The third-order valence-corrected chi connectivity index (χ3v) is 3.50. The summed E-state index contributed by atoms with van der Waals surface area (Å²) in [7, 11) is 0. The predicted octanol–water partition coefficient (Wildman–Crippen LogP) is 4.27. The average molecular weight is 347 g/mol. The Morgan fingerprint density at radius 3 is 2.46 bits per heavy atom. The van der Waals surface area contributed by atoms with Crippen LogP contribution in [-0.4, -0.2) is 22.0 Å². The second-order valence-corrected chi connectivity index (χ2v) is 5.22. The molecule has 0 radical (unpaired) electrons. The molecule has 0 spiro atoms. The fourth-order valence-corrected chi connectivity index (χ4v) is 2.35. The second-order valence-electron chi connectivity index (χ2n) is 4.78. The number of hydrogen-bond donors (Lipinski definition) is 1. The summed E-state index contributed by atoms with van der Waals surface area (Å²) >= 11 is 5.87. The summed E-state index contributed by atoms with van der Waals surface area (Å²) in [5, 5.41) is 19.5. The number of alkyl halides is 2. The topological polar surface area (TPSA) is 74.6 Å². The summed E-state index contributed by atoms with van der Waals surface area (Å²) in [5.41, 5.74) is 2.19. The van der Waals surface area contributed by atoms with E-state index in [1.807, 2.05) is 6.07 Å². The Hall–Kier alpha value is -2.98. The number of aromatic nitrogens is 3. The SMILES string of the molecule is N#Cc1[nH]nnc1-c1cc(OC(F)F)cc(-c2ccc(Cl)cc2)c1. The van der Waals surface area contributed by atoms with Crippen molar-refractivity contribution in [3.8, 4) is 34.2 Å². The van der Waals surface area contributed by atoms with E-state index >= 15 is 0 Å². The molecule has 0 saturated heterocycles. The minimum atomic E-state index is -2.97. The summed E-state index contributed by atoms with van der Waals surface area (Å²) in [6, 6.07) is 13.4. The zero-order chi connectivity index (χ0) is 17.1. The third-order valence-electron chi connectivity index (χ3n) is 3.24. The van der Waals surface area contributed by atoms with E-state index in [9.17, 15) is 8.78 Å². The van der Waals surface area contributed by atoms with Crippen molar-refractivity contribution >= 4 is 11.6 Å². The van der Waals surface area contributed by atoms with Gasteiger partial charge in [-0.15, -0.1) is 5.10 Å². The van der Waals surface area contributed by atoms with Gasteiger partial charge >= 0.3 is 6.61 Å². The van der Waals surface area contributed by atoms with Gasteiger partial charge in [-0.05, 0) is 41.5 Å². The van der Waals surface area contributed by atoms with E-state index < -0.39 is 6.61 Å². The number of hydrogen-bond acceptors (Lipinski definition) is 4. The van der Waals surface area contributed by atoms with E-state index in [4.69, 9.17) is 16.9 Å². The molecule has 3 rings (SSSR count). The molecule has 0 aliphatic carbocycles. The zero-order valence-electron chi connectivity index (χ0n) is 12.0. The summed E-state index contributed by atoms with van der Waals surface area (Å²) in [4.78, 5) is 0. The molecule has 0 unspecified atom stereocenters. The number of rotatable bonds is 4. The van der Waals surface area contributed by atoms with Crippen LogP contribution in [0, 0.1) is 11.3 Å². The molecule has 1 aromatic heterocycles. The fourth-order valence-electron chi connectivity index (χ4n) is 2.22. The number of H-pyrrole nitrogens is 1. The van der Waals surface area contributed by atoms with Crippen LogP contribution in [0.25, 0.3) is 22.4 Å². The first-order valence-corrected chi connectivity index (χ1v) is 7.12. The van der Waals surface area contributed by atoms with Crippen molar-refractivity contribution in [2.75, 3.05) is 0 Å². The van der Waals surface area contributed by atoms with E-state index in [-0.39, 0.29) is 17.1 Å². The van der Waals surface area contributed by atoms with Crippen LogP contribution >= 0.6 is 11.6 Å². The smallest absolute Gasteiger partial charge is 0.387 e. The van der Waals surface area contributed by atoms with Gasteiger partial charge in [0, 0.05) is 10.6 Å². The lowest BCUT2D eigenvalue weighted by Crippen LogP contribution is -2.02. The number of nitrogens with one attached hydrogen (secondary N) is 1. The van der Waals surface area contributed by atoms with Crippen molar-refractivity contribution in [2.45, 2.75) is 6.61 Å². The first kappa shape index (κ1) is 15.9. The van der Waals surface area contributed by atoms with E-state index in [1.165, 1.54) is 12.1 Å². The van der Waals surface area contributed by atoms with Crippen LogP contribution in [-0.2, 0) is 0 Å². The standard InChI is InChI=1S/C16H9ClF2N4O/c17-12-3-1-9(2-4-12)10-5-11(7-13(6-10)24-16(18)19)15-14(8-20)21-23-22-15/h1-7,16H,(H,21,22,23). The zero-order valence-corrected chi connectivity index (χ0v) is 12.8. The molecule has 5 nitrogen and oxygen atoms in total. The van der Waals surface area contributed by atoms with Gasteiger partial charge in [-0.25, -0.2) is 5.10 Å². The quantitative estimate of drug-likeness (QED) is 0.765. The van der Waals surface area contributed by atoms with Gasteiger partial charge in [0.15, 0.2) is 5.69 Å². The number of ether oxygens (including phenoxy) is 1. The minimum absolute atomic E-state index is 0.0423. The molecule has 120 valence electrons. The summed E-state index contributed by atoms with van der Waals surface area (Å²) in [6.45, 7) is -2.97. The second kappa shape index (κ2) is 6.64. The number of aromatic amines is 1. The van der Waals surface area contributed by atoms with Gasteiger partial charge in [0.25, 0.3) is 0 Å². The van der Waals surface area contributed by atoms with Gasteiger partial charge in [0.05, 0.1) is 0 Å². The molecule has 3 aromatic rings. The third kappa shape index (κ3) is 3.34. The van der Waals surface area contributed by atoms with Crippen LogP contribution in [0.2, 0.25) is 5.02 Å². The summed E-state index contributed by atoms with van der Waals surface area (Å²) in [6.07, 6.45) is 0. The van der Waals surface area contributed by atoms with Crippen molar-refractivity contribution in [1.29, 1.82) is 5.26 Å². The Bertz CT molecular complexity index is 903. The van der Waals surface area contributed by atoms with Gasteiger partial charge in [0.1, 0.15) is 17.5 Å². The van der Waals surface area contributed by atoms with Gasteiger partial charge in [-0.1, -0.05) is 28.9 Å². The minimum Gasteiger partial charge on any atom is -0.435 e. The van der Waals surface area contributed by atoms with E-state index in [1.54, 1.807) is 30.3 Å². The highest BCUT2D eigenvalue weighted by Crippen LogP contribution is 2.32. The first-order chi connectivity index (χ1) is 11.6. The largest absolute Gasteiger partial charge is 0.435 e. The van der Waals surface area contributed by atoms with Crippen molar-refractivity contribution < 1.29 is 13.5 Å². The lowest BCUT2D eigenvalue weighted by atomic mass is 10.0. The highest BCUT2D eigenvalue weighted by molar-refractivity contribution is 6.30. The maximum absolute atomic E-state index is 12.6. The molecular formula is C16H9ClF2N4O. The Morgan fingerprint density at radius 1 is 1.08 bits per heavy atom.